The molecule has 0 atom stereocenters. The predicted octanol–water partition coefficient (Wildman–Crippen LogP) is 7.40. The van der Waals surface area contributed by atoms with E-state index in [0.717, 1.165) is 18.8 Å². The van der Waals surface area contributed by atoms with Gasteiger partial charge in [-0.15, -0.1) is 5.98 Å². The van der Waals surface area contributed by atoms with Crippen molar-refractivity contribution in [3.8, 4) is 5.75 Å². The Morgan fingerprint density at radius 2 is 1.24 bits per heavy atom. The van der Waals surface area contributed by atoms with E-state index in [0.29, 0.717) is 0 Å². The Morgan fingerprint density at radius 1 is 0.717 bits per heavy atom. The van der Waals surface area contributed by atoms with Gasteiger partial charge in [0.15, 0.2) is 0 Å². The topological polar surface area (TPSA) is 27.1 Å². The molecule has 230 valence electrons. The van der Waals surface area contributed by atoms with Crippen molar-refractivity contribution in [1.82, 2.24) is 9.55 Å². The van der Waals surface area contributed by atoms with Gasteiger partial charge in [0, 0.05) is 12.4 Å². The monoisotopic (exact) mass is 618 g/mol. The number of ether oxygens (including phenoxy) is 1. The summed E-state index contributed by atoms with van der Waals surface area (Å²) in [6.07, 6.45) is 9.47. The quantitative estimate of drug-likeness (QED) is 0.106. The molecular formula is C41H43BN2OSi. The molecule has 0 N–H and O–H groups in total. The molecule has 0 radical (unpaired) electrons. The fourth-order valence-corrected chi connectivity index (χ4v) is 8.26. The molecule has 0 aliphatic heterocycles. The summed E-state index contributed by atoms with van der Waals surface area (Å²) in [5, 5.41) is 1.14. The third-order valence-electron chi connectivity index (χ3n) is 8.31. The maximum Gasteiger partial charge on any atom is 0.130 e. The van der Waals surface area contributed by atoms with E-state index in [2.05, 4.69) is 170 Å². The predicted molar refractivity (Wildman–Crippen MR) is 199 cm³/mol. The summed E-state index contributed by atoms with van der Waals surface area (Å²) in [6, 6.07) is 51.3. The zero-order valence-corrected chi connectivity index (χ0v) is 28.4. The van der Waals surface area contributed by atoms with Crippen molar-refractivity contribution in [1.29, 1.82) is 0 Å². The Balaban J connectivity index is 0.000000232. The lowest BCUT2D eigenvalue weighted by atomic mass is 9.92. The van der Waals surface area contributed by atoms with Crippen molar-refractivity contribution in [3.63, 3.8) is 0 Å². The molecule has 3 nitrogen and oxygen atoms in total. The summed E-state index contributed by atoms with van der Waals surface area (Å²) >= 11 is 0. The highest BCUT2D eigenvalue weighted by Gasteiger charge is 2.36. The third-order valence-corrected chi connectivity index (χ3v) is 10.9. The minimum absolute atomic E-state index is 0.248. The summed E-state index contributed by atoms with van der Waals surface area (Å²) in [4.78, 5) is 4.41. The van der Waals surface area contributed by atoms with E-state index in [1.807, 2.05) is 24.7 Å². The van der Waals surface area contributed by atoms with Crippen LogP contribution in [0.1, 0.15) is 48.4 Å². The van der Waals surface area contributed by atoms with Gasteiger partial charge in [0.25, 0.3) is 0 Å². The van der Waals surface area contributed by atoms with Gasteiger partial charge in [-0.3, -0.25) is 0 Å². The smallest absolute Gasteiger partial charge is 0.130 e. The second-order valence-electron chi connectivity index (χ2n) is 11.4. The van der Waals surface area contributed by atoms with Crippen molar-refractivity contribution in [3.05, 3.63) is 193 Å². The van der Waals surface area contributed by atoms with Crippen LogP contribution in [-0.4, -0.2) is 33.5 Å². The zero-order valence-electron chi connectivity index (χ0n) is 27.0. The molecule has 0 spiro atoms. The minimum Gasteiger partial charge on any atom is -0.494 e. The molecule has 46 heavy (non-hydrogen) atoms. The van der Waals surface area contributed by atoms with Crippen LogP contribution in [0, 0.1) is 0 Å². The van der Waals surface area contributed by atoms with Crippen molar-refractivity contribution >= 4 is 28.1 Å². The van der Waals surface area contributed by atoms with E-state index in [1.54, 1.807) is 0 Å². The van der Waals surface area contributed by atoms with Crippen LogP contribution < -0.4 is 9.92 Å². The molecule has 0 unspecified atom stereocenters. The molecule has 0 fully saturated rings. The van der Waals surface area contributed by atoms with Gasteiger partial charge >= 0.3 is 0 Å². The maximum atomic E-state index is 5.93. The number of aromatic nitrogens is 2. The van der Waals surface area contributed by atoms with Crippen LogP contribution in [0.3, 0.4) is 0 Å². The van der Waals surface area contributed by atoms with Crippen molar-refractivity contribution in [2.45, 2.75) is 31.3 Å². The van der Waals surface area contributed by atoms with E-state index in [-0.39, 0.29) is 5.16 Å². The maximum absolute atomic E-state index is 5.93. The first-order valence-electron chi connectivity index (χ1n) is 16.3. The van der Waals surface area contributed by atoms with Crippen molar-refractivity contribution in [2.24, 2.45) is 0 Å². The lowest BCUT2D eigenvalue weighted by Crippen LogP contribution is -2.46. The summed E-state index contributed by atoms with van der Waals surface area (Å²) in [5.74, 6) is 3.12. The van der Waals surface area contributed by atoms with Gasteiger partial charge in [-0.05, 0) is 46.4 Å². The SMILES string of the molecule is BC=C(c1ccccc1)c1ccccc1.CCCCCOc1ccc([SiH2]C(c2ccccc2)(c2ccccc2)n2ccnc2)cc1. The van der Waals surface area contributed by atoms with Crippen LogP contribution >= 0.6 is 0 Å². The first-order valence-corrected chi connectivity index (χ1v) is 17.7. The van der Waals surface area contributed by atoms with Gasteiger partial charge in [0.2, 0.25) is 0 Å². The van der Waals surface area contributed by atoms with Gasteiger partial charge in [0.1, 0.15) is 13.6 Å². The molecular weight excluding hydrogens is 575 g/mol. The largest absolute Gasteiger partial charge is 0.494 e. The van der Waals surface area contributed by atoms with Gasteiger partial charge in [-0.25, -0.2) is 4.98 Å². The average Bonchev–Trinajstić information content (AvgIpc) is 3.68. The van der Waals surface area contributed by atoms with E-state index >= 15 is 0 Å². The number of imidazole rings is 1. The summed E-state index contributed by atoms with van der Waals surface area (Å²) < 4.78 is 8.23. The Kier molecular flexibility index (Phi) is 12.0. The first kappa shape index (κ1) is 32.5. The molecule has 5 heteroatoms. The molecule has 0 amide bonds. The lowest BCUT2D eigenvalue weighted by molar-refractivity contribution is 0.306. The number of unbranched alkanes of at least 4 members (excludes halogenated alkanes) is 2. The summed E-state index contributed by atoms with van der Waals surface area (Å²) in [6.45, 7) is 3.00. The molecule has 5 aromatic carbocycles. The Labute approximate surface area is 277 Å². The van der Waals surface area contributed by atoms with Crippen LogP contribution in [0.15, 0.2) is 170 Å². The molecule has 0 aliphatic rings. The minimum atomic E-state index is -0.846. The fourth-order valence-electron chi connectivity index (χ4n) is 5.95. The number of rotatable bonds is 12. The molecule has 0 saturated carbocycles. The van der Waals surface area contributed by atoms with E-state index in [1.165, 1.54) is 45.9 Å². The van der Waals surface area contributed by atoms with Gasteiger partial charge in [-0.2, -0.15) is 0 Å². The average molecular weight is 619 g/mol. The number of benzene rings is 5. The van der Waals surface area contributed by atoms with Crippen LogP contribution in [0.4, 0.5) is 0 Å². The molecule has 0 aliphatic carbocycles. The molecule has 6 rings (SSSR count). The molecule has 1 aromatic heterocycles. The number of hydrogen-bond donors (Lipinski definition) is 0. The van der Waals surface area contributed by atoms with E-state index in [4.69, 9.17) is 4.74 Å². The van der Waals surface area contributed by atoms with Gasteiger partial charge in [0.05, 0.1) is 27.6 Å². The Hall–Kier alpha value is -4.87. The third kappa shape index (κ3) is 8.23. The summed E-state index contributed by atoms with van der Waals surface area (Å²) in [7, 11) is 1.23. The first-order chi connectivity index (χ1) is 22.7. The highest BCUT2D eigenvalue weighted by molar-refractivity contribution is 6.57. The van der Waals surface area contributed by atoms with Crippen LogP contribution in [-0.2, 0) is 5.16 Å². The van der Waals surface area contributed by atoms with Crippen LogP contribution in [0.25, 0.3) is 5.57 Å². The molecule has 0 saturated heterocycles. The Bertz CT molecular complexity index is 1640. The number of hydrogen-bond acceptors (Lipinski definition) is 2. The lowest BCUT2D eigenvalue weighted by Gasteiger charge is -2.37. The Morgan fingerprint density at radius 3 is 1.70 bits per heavy atom. The van der Waals surface area contributed by atoms with E-state index in [9.17, 15) is 0 Å². The van der Waals surface area contributed by atoms with Crippen LogP contribution in [0.5, 0.6) is 5.75 Å². The molecule has 0 bridgehead atoms. The molecule has 6 aromatic rings. The van der Waals surface area contributed by atoms with Crippen molar-refractivity contribution in [2.75, 3.05) is 6.61 Å². The normalized spacial score (nSPS) is 11.1. The second kappa shape index (κ2) is 17.0. The second-order valence-corrected chi connectivity index (χ2v) is 13.6. The molecule has 1 heterocycles. The summed E-state index contributed by atoms with van der Waals surface area (Å²) in [5.41, 5.74) is 6.42. The van der Waals surface area contributed by atoms with E-state index < -0.39 is 9.52 Å². The van der Waals surface area contributed by atoms with Crippen molar-refractivity contribution < 1.29 is 4.74 Å². The van der Waals surface area contributed by atoms with Gasteiger partial charge in [-0.1, -0.05) is 158 Å². The van der Waals surface area contributed by atoms with Gasteiger partial charge < -0.3 is 9.30 Å². The van der Waals surface area contributed by atoms with Crippen LogP contribution in [0.2, 0.25) is 0 Å². The zero-order chi connectivity index (χ0) is 31.9. The highest BCUT2D eigenvalue weighted by Crippen LogP contribution is 2.33. The highest BCUT2D eigenvalue weighted by atomic mass is 28.2. The number of nitrogens with zero attached hydrogens (tertiary/aromatic N) is 2. The fraction of sp³-hybridized carbons (Fsp3) is 0.146. The standard InChI is InChI=1S/C27H30N2OSi.C14H13B/c1-2-3-10-21-30-25-15-17-26(18-16-25)31-27(29-20-19-28-22-29,23-11-6-4-7-12-23)24-13-8-5-9-14-24;15-11-14(12-7-3-1-4-8-12)13-9-5-2-6-10-13/h4-9,11-20,22H,2-3,10,21,31H2,1H3;1-11H,15H2.